The van der Waals surface area contributed by atoms with Crippen molar-refractivity contribution in [3.8, 4) is 5.75 Å². The molecule has 16 heavy (non-hydrogen) atoms. The molecule has 0 aromatic heterocycles. The van der Waals surface area contributed by atoms with Gasteiger partial charge < -0.3 is 10.1 Å². The molecule has 0 fully saturated rings. The highest BCUT2D eigenvalue weighted by Crippen LogP contribution is 2.25. The van der Waals surface area contributed by atoms with E-state index in [-0.39, 0.29) is 5.78 Å². The SMILES string of the molecule is CC(=O)CNCc1ccc2c(c1)CCCO2. The summed E-state index contributed by atoms with van der Waals surface area (Å²) in [6, 6.07) is 6.25. The minimum absolute atomic E-state index is 0.168. The van der Waals surface area contributed by atoms with Crippen LogP contribution in [0.4, 0.5) is 0 Å². The molecule has 86 valence electrons. The Morgan fingerprint density at radius 1 is 1.50 bits per heavy atom. The molecule has 0 saturated carbocycles. The fourth-order valence-electron chi connectivity index (χ4n) is 1.91. The van der Waals surface area contributed by atoms with Gasteiger partial charge in [-0.2, -0.15) is 0 Å². The standard InChI is InChI=1S/C13H17NO2/c1-10(15)8-14-9-11-4-5-13-12(7-11)3-2-6-16-13/h4-5,7,14H,2-3,6,8-9H2,1H3. The number of carbonyl (C=O) groups is 1. The van der Waals surface area contributed by atoms with Crippen molar-refractivity contribution in [1.29, 1.82) is 0 Å². The van der Waals surface area contributed by atoms with Crippen LogP contribution in [0.25, 0.3) is 0 Å². The average Bonchev–Trinajstić information content (AvgIpc) is 2.28. The molecule has 0 bridgehead atoms. The molecule has 0 amide bonds. The molecule has 0 unspecified atom stereocenters. The Morgan fingerprint density at radius 3 is 3.19 bits per heavy atom. The predicted octanol–water partition coefficient (Wildman–Crippen LogP) is 1.69. The molecule has 2 rings (SSSR count). The third kappa shape index (κ3) is 2.83. The van der Waals surface area contributed by atoms with Gasteiger partial charge in [0.25, 0.3) is 0 Å². The monoisotopic (exact) mass is 219 g/mol. The molecule has 0 atom stereocenters. The van der Waals surface area contributed by atoms with Crippen LogP contribution in [0.1, 0.15) is 24.5 Å². The third-order valence-electron chi connectivity index (χ3n) is 2.68. The number of nitrogens with one attached hydrogen (secondary N) is 1. The van der Waals surface area contributed by atoms with E-state index in [4.69, 9.17) is 4.74 Å². The van der Waals surface area contributed by atoms with Gasteiger partial charge in [-0.05, 0) is 37.0 Å². The lowest BCUT2D eigenvalue weighted by molar-refractivity contribution is -0.116. The zero-order chi connectivity index (χ0) is 11.4. The van der Waals surface area contributed by atoms with E-state index in [0.717, 1.165) is 31.7 Å². The van der Waals surface area contributed by atoms with Crippen molar-refractivity contribution in [2.75, 3.05) is 13.2 Å². The van der Waals surface area contributed by atoms with Gasteiger partial charge in [0.2, 0.25) is 0 Å². The smallest absolute Gasteiger partial charge is 0.143 e. The van der Waals surface area contributed by atoms with Crippen LogP contribution in [0.15, 0.2) is 18.2 Å². The summed E-state index contributed by atoms with van der Waals surface area (Å²) >= 11 is 0. The number of benzene rings is 1. The Labute approximate surface area is 95.8 Å². The Balaban J connectivity index is 1.97. The molecule has 3 heteroatoms. The third-order valence-corrected chi connectivity index (χ3v) is 2.68. The van der Waals surface area contributed by atoms with E-state index >= 15 is 0 Å². The minimum atomic E-state index is 0.168. The fraction of sp³-hybridized carbons (Fsp3) is 0.462. The number of rotatable bonds is 4. The lowest BCUT2D eigenvalue weighted by atomic mass is 10.0. The first-order valence-electron chi connectivity index (χ1n) is 5.70. The zero-order valence-corrected chi connectivity index (χ0v) is 9.58. The molecule has 1 aromatic rings. The molecule has 1 aliphatic heterocycles. The summed E-state index contributed by atoms with van der Waals surface area (Å²) in [6.07, 6.45) is 2.19. The number of hydrogen-bond donors (Lipinski definition) is 1. The maximum atomic E-state index is 10.8. The van der Waals surface area contributed by atoms with Gasteiger partial charge in [-0.1, -0.05) is 12.1 Å². The highest BCUT2D eigenvalue weighted by molar-refractivity contribution is 5.77. The van der Waals surface area contributed by atoms with Crippen molar-refractivity contribution in [2.24, 2.45) is 0 Å². The molecule has 0 saturated heterocycles. The van der Waals surface area contributed by atoms with Gasteiger partial charge in [0.1, 0.15) is 11.5 Å². The van der Waals surface area contributed by atoms with Gasteiger partial charge in [0.05, 0.1) is 13.2 Å². The van der Waals surface area contributed by atoms with Gasteiger partial charge in [-0.15, -0.1) is 0 Å². The quantitative estimate of drug-likeness (QED) is 0.837. The van der Waals surface area contributed by atoms with E-state index in [2.05, 4.69) is 17.4 Å². The van der Waals surface area contributed by atoms with Gasteiger partial charge in [0.15, 0.2) is 0 Å². The Morgan fingerprint density at radius 2 is 2.38 bits per heavy atom. The van der Waals surface area contributed by atoms with Crippen molar-refractivity contribution in [1.82, 2.24) is 5.32 Å². The fourth-order valence-corrected chi connectivity index (χ4v) is 1.91. The van der Waals surface area contributed by atoms with E-state index < -0.39 is 0 Å². The second kappa shape index (κ2) is 5.12. The highest BCUT2D eigenvalue weighted by Gasteiger charge is 2.10. The predicted molar refractivity (Wildman–Crippen MR) is 62.6 cm³/mol. The highest BCUT2D eigenvalue weighted by atomic mass is 16.5. The summed E-state index contributed by atoms with van der Waals surface area (Å²) in [7, 11) is 0. The van der Waals surface area contributed by atoms with Gasteiger partial charge in [0, 0.05) is 6.54 Å². The second-order valence-corrected chi connectivity index (χ2v) is 4.20. The van der Waals surface area contributed by atoms with E-state index in [0.29, 0.717) is 6.54 Å². The molecule has 3 nitrogen and oxygen atoms in total. The summed E-state index contributed by atoms with van der Waals surface area (Å²) in [4.78, 5) is 10.8. The number of ether oxygens (including phenoxy) is 1. The van der Waals surface area contributed by atoms with E-state index in [9.17, 15) is 4.79 Å². The van der Waals surface area contributed by atoms with Crippen molar-refractivity contribution >= 4 is 5.78 Å². The van der Waals surface area contributed by atoms with Gasteiger partial charge in [-0.25, -0.2) is 0 Å². The largest absolute Gasteiger partial charge is 0.493 e. The van der Waals surface area contributed by atoms with Gasteiger partial charge >= 0.3 is 0 Å². The number of fused-ring (bicyclic) bond motifs is 1. The topological polar surface area (TPSA) is 38.3 Å². The van der Waals surface area contributed by atoms with Gasteiger partial charge in [-0.3, -0.25) is 4.79 Å². The molecular formula is C13H17NO2. The normalized spacial score (nSPS) is 14.1. The number of Topliss-reactive ketones (excluding diaryl/α,β-unsaturated/α-hetero) is 1. The summed E-state index contributed by atoms with van der Waals surface area (Å²) in [5.74, 6) is 1.18. The van der Waals surface area contributed by atoms with Crippen molar-refractivity contribution in [2.45, 2.75) is 26.3 Å². The first kappa shape index (κ1) is 11.1. The van der Waals surface area contributed by atoms with Crippen LogP contribution in [0.5, 0.6) is 5.75 Å². The van der Waals surface area contributed by atoms with Crippen molar-refractivity contribution < 1.29 is 9.53 Å². The zero-order valence-electron chi connectivity index (χ0n) is 9.58. The Kier molecular flexibility index (Phi) is 3.57. The van der Waals surface area contributed by atoms with Crippen LogP contribution < -0.4 is 10.1 Å². The molecule has 1 aliphatic rings. The summed E-state index contributed by atoms with van der Waals surface area (Å²) in [6.45, 7) is 3.60. The minimum Gasteiger partial charge on any atom is -0.493 e. The lowest BCUT2D eigenvalue weighted by Gasteiger charge is -2.17. The van der Waals surface area contributed by atoms with Crippen LogP contribution in [-0.2, 0) is 17.8 Å². The Bertz CT molecular complexity index is 388. The number of hydrogen-bond acceptors (Lipinski definition) is 3. The van der Waals surface area contributed by atoms with Crippen LogP contribution >= 0.6 is 0 Å². The Hall–Kier alpha value is -1.35. The lowest BCUT2D eigenvalue weighted by Crippen LogP contribution is -2.20. The molecule has 1 heterocycles. The number of ketones is 1. The molecule has 0 radical (unpaired) electrons. The molecule has 1 aromatic carbocycles. The average molecular weight is 219 g/mol. The van der Waals surface area contributed by atoms with Crippen LogP contribution in [0.2, 0.25) is 0 Å². The number of aryl methyl sites for hydroxylation is 1. The summed E-state index contributed by atoms with van der Waals surface area (Å²) < 4.78 is 5.55. The van der Waals surface area contributed by atoms with Crippen molar-refractivity contribution in [3.63, 3.8) is 0 Å². The second-order valence-electron chi connectivity index (χ2n) is 4.20. The first-order valence-corrected chi connectivity index (χ1v) is 5.70. The summed E-state index contributed by atoms with van der Waals surface area (Å²) in [5, 5.41) is 3.12. The van der Waals surface area contributed by atoms with Crippen molar-refractivity contribution in [3.05, 3.63) is 29.3 Å². The molecule has 0 aliphatic carbocycles. The molecule has 1 N–H and O–H groups in total. The van der Waals surface area contributed by atoms with E-state index in [1.807, 2.05) is 6.07 Å². The number of carbonyl (C=O) groups excluding carboxylic acids is 1. The van der Waals surface area contributed by atoms with E-state index in [1.54, 1.807) is 6.92 Å². The summed E-state index contributed by atoms with van der Waals surface area (Å²) in [5.41, 5.74) is 2.50. The maximum absolute atomic E-state index is 10.8. The maximum Gasteiger partial charge on any atom is 0.143 e. The van der Waals surface area contributed by atoms with Crippen LogP contribution in [0.3, 0.4) is 0 Å². The van der Waals surface area contributed by atoms with E-state index in [1.165, 1.54) is 11.1 Å². The molecule has 0 spiro atoms. The molecular weight excluding hydrogens is 202 g/mol. The first-order chi connectivity index (χ1) is 7.75. The van der Waals surface area contributed by atoms with Crippen LogP contribution in [0, 0.1) is 0 Å². The van der Waals surface area contributed by atoms with Crippen LogP contribution in [-0.4, -0.2) is 18.9 Å².